The van der Waals surface area contributed by atoms with Gasteiger partial charge in [0.2, 0.25) is 0 Å². The molecule has 0 aromatic rings. The fraction of sp³-hybridized carbons (Fsp3) is 1.00. The molecular formula is C12H25NO. The van der Waals surface area contributed by atoms with Crippen LogP contribution in [0.4, 0.5) is 0 Å². The molecule has 1 saturated heterocycles. The third-order valence-electron chi connectivity index (χ3n) is 3.16. The van der Waals surface area contributed by atoms with Crippen molar-refractivity contribution in [1.29, 1.82) is 0 Å². The van der Waals surface area contributed by atoms with E-state index in [1.165, 1.54) is 32.1 Å². The summed E-state index contributed by atoms with van der Waals surface area (Å²) in [5.74, 6) is 0.830. The van der Waals surface area contributed by atoms with Crippen molar-refractivity contribution in [2.75, 3.05) is 19.8 Å². The van der Waals surface area contributed by atoms with Crippen molar-refractivity contribution in [3.05, 3.63) is 0 Å². The van der Waals surface area contributed by atoms with E-state index in [1.54, 1.807) is 0 Å². The van der Waals surface area contributed by atoms with Gasteiger partial charge in [0.15, 0.2) is 0 Å². The van der Waals surface area contributed by atoms with Crippen molar-refractivity contribution in [2.24, 2.45) is 5.92 Å². The van der Waals surface area contributed by atoms with E-state index in [9.17, 15) is 0 Å². The second-order valence-electron chi connectivity index (χ2n) is 4.32. The molecule has 0 aliphatic carbocycles. The Morgan fingerprint density at radius 3 is 2.86 bits per heavy atom. The van der Waals surface area contributed by atoms with Gasteiger partial charge >= 0.3 is 0 Å². The summed E-state index contributed by atoms with van der Waals surface area (Å²) in [4.78, 5) is 0. The van der Waals surface area contributed by atoms with E-state index in [0.29, 0.717) is 0 Å². The Kier molecular flexibility index (Phi) is 6.20. The quantitative estimate of drug-likeness (QED) is 0.710. The first-order valence-electron chi connectivity index (χ1n) is 6.18. The molecule has 0 aromatic heterocycles. The van der Waals surface area contributed by atoms with E-state index in [-0.39, 0.29) is 0 Å². The average molecular weight is 199 g/mol. The van der Waals surface area contributed by atoms with E-state index in [2.05, 4.69) is 19.2 Å². The molecule has 1 rings (SSSR count). The van der Waals surface area contributed by atoms with Crippen molar-refractivity contribution in [1.82, 2.24) is 5.32 Å². The summed E-state index contributed by atoms with van der Waals surface area (Å²) in [5, 5.41) is 3.53. The van der Waals surface area contributed by atoms with Crippen LogP contribution in [0.1, 0.15) is 46.0 Å². The van der Waals surface area contributed by atoms with Gasteiger partial charge in [-0.2, -0.15) is 0 Å². The lowest BCUT2D eigenvalue weighted by molar-refractivity contribution is 0.0498. The molecule has 2 atom stereocenters. The van der Waals surface area contributed by atoms with Crippen molar-refractivity contribution >= 4 is 0 Å². The molecule has 2 nitrogen and oxygen atoms in total. The van der Waals surface area contributed by atoms with Gasteiger partial charge in [-0.15, -0.1) is 0 Å². The molecule has 0 saturated carbocycles. The Morgan fingerprint density at radius 1 is 1.43 bits per heavy atom. The Morgan fingerprint density at radius 2 is 2.29 bits per heavy atom. The van der Waals surface area contributed by atoms with Crippen LogP contribution in [0.2, 0.25) is 0 Å². The molecule has 0 spiro atoms. The molecule has 1 N–H and O–H groups in total. The number of ether oxygens (including phenoxy) is 1. The number of rotatable bonds is 6. The molecule has 1 aliphatic heterocycles. The minimum atomic E-state index is 0.724. The van der Waals surface area contributed by atoms with E-state index in [1.807, 2.05) is 0 Å². The maximum absolute atomic E-state index is 5.49. The van der Waals surface area contributed by atoms with Crippen molar-refractivity contribution in [3.63, 3.8) is 0 Å². The zero-order valence-electron chi connectivity index (χ0n) is 9.72. The summed E-state index contributed by atoms with van der Waals surface area (Å²) >= 11 is 0. The van der Waals surface area contributed by atoms with Gasteiger partial charge in [0.25, 0.3) is 0 Å². The molecule has 84 valence electrons. The van der Waals surface area contributed by atoms with Crippen LogP contribution in [0.3, 0.4) is 0 Å². The summed E-state index contributed by atoms with van der Waals surface area (Å²) in [7, 11) is 0. The van der Waals surface area contributed by atoms with Crippen LogP contribution in [-0.2, 0) is 4.74 Å². The lowest BCUT2D eigenvalue weighted by atomic mass is 9.94. The first-order valence-corrected chi connectivity index (χ1v) is 6.18. The third-order valence-corrected chi connectivity index (χ3v) is 3.16. The highest BCUT2D eigenvalue weighted by atomic mass is 16.5. The molecular weight excluding hydrogens is 174 g/mol. The molecule has 2 unspecified atom stereocenters. The Labute approximate surface area is 88.4 Å². The van der Waals surface area contributed by atoms with Crippen LogP contribution in [-0.4, -0.2) is 25.8 Å². The van der Waals surface area contributed by atoms with Crippen LogP contribution < -0.4 is 5.32 Å². The highest BCUT2D eigenvalue weighted by Crippen LogP contribution is 2.20. The molecule has 0 radical (unpaired) electrons. The van der Waals surface area contributed by atoms with Crippen LogP contribution in [0.5, 0.6) is 0 Å². The standard InChI is InChI=1S/C12H25NO/c1-3-12(13-4-2)8-7-11-6-5-9-14-10-11/h11-13H,3-10H2,1-2H3. The molecule has 1 aliphatic rings. The van der Waals surface area contributed by atoms with Gasteiger partial charge < -0.3 is 10.1 Å². The smallest absolute Gasteiger partial charge is 0.0494 e. The minimum Gasteiger partial charge on any atom is -0.381 e. The minimum absolute atomic E-state index is 0.724. The monoisotopic (exact) mass is 199 g/mol. The number of hydrogen-bond acceptors (Lipinski definition) is 2. The molecule has 14 heavy (non-hydrogen) atoms. The lowest BCUT2D eigenvalue weighted by Crippen LogP contribution is -2.29. The van der Waals surface area contributed by atoms with Gasteiger partial charge in [0.05, 0.1) is 0 Å². The first kappa shape index (κ1) is 12.0. The molecule has 1 fully saturated rings. The zero-order valence-corrected chi connectivity index (χ0v) is 9.72. The zero-order chi connectivity index (χ0) is 10.2. The topological polar surface area (TPSA) is 21.3 Å². The maximum Gasteiger partial charge on any atom is 0.0494 e. The SMILES string of the molecule is CCNC(CC)CCC1CCCOC1. The average Bonchev–Trinajstić information content (AvgIpc) is 2.25. The Balaban J connectivity index is 2.10. The Bertz CT molecular complexity index is 128. The molecule has 2 heteroatoms. The van der Waals surface area contributed by atoms with Gasteiger partial charge in [-0.25, -0.2) is 0 Å². The first-order chi connectivity index (χ1) is 6.86. The van der Waals surface area contributed by atoms with E-state index >= 15 is 0 Å². The molecule has 0 amide bonds. The van der Waals surface area contributed by atoms with Crippen molar-refractivity contribution in [2.45, 2.75) is 52.0 Å². The van der Waals surface area contributed by atoms with Crippen LogP contribution in [0.25, 0.3) is 0 Å². The molecule has 0 aromatic carbocycles. The maximum atomic E-state index is 5.49. The largest absolute Gasteiger partial charge is 0.381 e. The summed E-state index contributed by atoms with van der Waals surface area (Å²) in [6.45, 7) is 7.54. The fourth-order valence-electron chi connectivity index (χ4n) is 2.21. The van der Waals surface area contributed by atoms with Gasteiger partial charge in [0, 0.05) is 19.3 Å². The van der Waals surface area contributed by atoms with Crippen LogP contribution in [0, 0.1) is 5.92 Å². The summed E-state index contributed by atoms with van der Waals surface area (Å²) < 4.78 is 5.49. The summed E-state index contributed by atoms with van der Waals surface area (Å²) in [6, 6.07) is 0.724. The second kappa shape index (κ2) is 7.24. The van der Waals surface area contributed by atoms with E-state index in [0.717, 1.165) is 31.7 Å². The third kappa shape index (κ3) is 4.43. The normalized spacial score (nSPS) is 24.9. The van der Waals surface area contributed by atoms with Crippen LogP contribution >= 0.6 is 0 Å². The van der Waals surface area contributed by atoms with Crippen LogP contribution in [0.15, 0.2) is 0 Å². The number of hydrogen-bond donors (Lipinski definition) is 1. The summed E-state index contributed by atoms with van der Waals surface area (Å²) in [5.41, 5.74) is 0. The van der Waals surface area contributed by atoms with Gasteiger partial charge in [-0.1, -0.05) is 13.8 Å². The lowest BCUT2D eigenvalue weighted by Gasteiger charge is -2.24. The predicted molar refractivity (Wildman–Crippen MR) is 60.5 cm³/mol. The van der Waals surface area contributed by atoms with E-state index in [4.69, 9.17) is 4.74 Å². The van der Waals surface area contributed by atoms with Gasteiger partial charge in [-0.05, 0) is 44.6 Å². The van der Waals surface area contributed by atoms with Crippen molar-refractivity contribution in [3.8, 4) is 0 Å². The molecule has 0 bridgehead atoms. The Hall–Kier alpha value is -0.0800. The highest BCUT2D eigenvalue weighted by molar-refractivity contribution is 4.69. The second-order valence-corrected chi connectivity index (χ2v) is 4.32. The molecule has 1 heterocycles. The number of nitrogens with one attached hydrogen (secondary N) is 1. The van der Waals surface area contributed by atoms with E-state index < -0.39 is 0 Å². The van der Waals surface area contributed by atoms with Crippen molar-refractivity contribution < 1.29 is 4.74 Å². The summed E-state index contributed by atoms with van der Waals surface area (Å²) in [6.07, 6.45) is 6.55. The van der Waals surface area contributed by atoms with Gasteiger partial charge in [0.1, 0.15) is 0 Å². The van der Waals surface area contributed by atoms with Gasteiger partial charge in [-0.3, -0.25) is 0 Å². The fourth-order valence-corrected chi connectivity index (χ4v) is 2.21. The highest BCUT2D eigenvalue weighted by Gasteiger charge is 2.15. The predicted octanol–water partition coefficient (Wildman–Crippen LogP) is 2.58.